The van der Waals surface area contributed by atoms with Gasteiger partial charge in [-0.3, -0.25) is 4.79 Å². The van der Waals surface area contributed by atoms with Gasteiger partial charge in [0.15, 0.2) is 0 Å². The lowest BCUT2D eigenvalue weighted by molar-refractivity contribution is -0.125. The molecule has 0 unspecified atom stereocenters. The highest BCUT2D eigenvalue weighted by Crippen LogP contribution is 2.27. The molecule has 0 aromatic rings. The van der Waals surface area contributed by atoms with Crippen molar-refractivity contribution in [1.29, 1.82) is 0 Å². The lowest BCUT2D eigenvalue weighted by Crippen LogP contribution is -2.41. The number of aliphatic hydroxyl groups excluding tert-OH is 1. The van der Waals surface area contributed by atoms with Crippen LogP contribution in [0.3, 0.4) is 0 Å². The van der Waals surface area contributed by atoms with Gasteiger partial charge in [0.05, 0.1) is 6.61 Å². The van der Waals surface area contributed by atoms with Gasteiger partial charge in [0.2, 0.25) is 5.91 Å². The third kappa shape index (κ3) is 3.21. The fourth-order valence-electron chi connectivity index (χ4n) is 2.39. The van der Waals surface area contributed by atoms with Crippen LogP contribution in [0.2, 0.25) is 0 Å². The summed E-state index contributed by atoms with van der Waals surface area (Å²) in [6.07, 6.45) is 6.26. The maximum Gasteiger partial charge on any atom is 0.223 e. The first-order chi connectivity index (χ1) is 7.67. The van der Waals surface area contributed by atoms with Crippen molar-refractivity contribution in [2.75, 3.05) is 13.2 Å². The molecule has 0 aromatic heterocycles. The molecule has 0 atom stereocenters. The fourth-order valence-corrected chi connectivity index (χ4v) is 2.39. The van der Waals surface area contributed by atoms with Crippen LogP contribution in [0.1, 0.15) is 52.4 Å². The Labute approximate surface area is 98.6 Å². The normalized spacial score (nSPS) is 17.7. The summed E-state index contributed by atoms with van der Waals surface area (Å²) in [6, 6.07) is 0. The van der Waals surface area contributed by atoms with E-state index in [1.807, 2.05) is 0 Å². The quantitative estimate of drug-likeness (QED) is 0.730. The van der Waals surface area contributed by atoms with E-state index >= 15 is 0 Å². The molecule has 0 aromatic carbocycles. The van der Waals surface area contributed by atoms with Crippen molar-refractivity contribution < 1.29 is 9.90 Å². The van der Waals surface area contributed by atoms with Crippen molar-refractivity contribution in [2.45, 2.75) is 52.4 Å². The van der Waals surface area contributed by atoms with Crippen molar-refractivity contribution in [3.8, 4) is 0 Å². The predicted octanol–water partition coefficient (Wildman–Crippen LogP) is 2.09. The monoisotopic (exact) mass is 227 g/mol. The Morgan fingerprint density at radius 3 is 2.31 bits per heavy atom. The molecule has 94 valence electrons. The first-order valence-electron chi connectivity index (χ1n) is 6.56. The summed E-state index contributed by atoms with van der Waals surface area (Å²) in [5.41, 5.74) is -0.117. The van der Waals surface area contributed by atoms with Gasteiger partial charge < -0.3 is 10.4 Å². The predicted molar refractivity (Wildman–Crippen MR) is 65.1 cm³/mol. The van der Waals surface area contributed by atoms with Crippen LogP contribution in [0.15, 0.2) is 0 Å². The van der Waals surface area contributed by atoms with Gasteiger partial charge in [-0.15, -0.1) is 0 Å². The van der Waals surface area contributed by atoms with E-state index in [1.54, 1.807) is 0 Å². The number of aliphatic hydroxyl groups is 1. The average molecular weight is 227 g/mol. The van der Waals surface area contributed by atoms with Gasteiger partial charge in [-0.2, -0.15) is 0 Å². The molecular weight excluding hydrogens is 202 g/mol. The Hall–Kier alpha value is -0.570. The summed E-state index contributed by atoms with van der Waals surface area (Å²) in [4.78, 5) is 11.8. The number of rotatable bonds is 6. The average Bonchev–Trinajstić information content (AvgIpc) is 2.85. The van der Waals surface area contributed by atoms with Crippen molar-refractivity contribution in [1.82, 2.24) is 5.32 Å². The molecule has 1 fully saturated rings. The third-order valence-corrected chi connectivity index (χ3v) is 4.20. The molecule has 0 aliphatic heterocycles. The molecule has 0 radical (unpaired) electrons. The van der Waals surface area contributed by atoms with Crippen molar-refractivity contribution in [2.24, 2.45) is 11.3 Å². The second-order valence-electron chi connectivity index (χ2n) is 5.06. The summed E-state index contributed by atoms with van der Waals surface area (Å²) in [7, 11) is 0. The molecule has 1 amide bonds. The second-order valence-corrected chi connectivity index (χ2v) is 5.06. The molecule has 0 spiro atoms. The number of carbonyl (C=O) groups excluding carboxylic acids is 1. The lowest BCUT2D eigenvalue weighted by atomic mass is 9.83. The van der Waals surface area contributed by atoms with Gasteiger partial charge in [0.1, 0.15) is 0 Å². The maximum atomic E-state index is 11.8. The van der Waals surface area contributed by atoms with E-state index in [1.165, 1.54) is 12.8 Å². The van der Waals surface area contributed by atoms with Crippen molar-refractivity contribution in [3.63, 3.8) is 0 Å². The van der Waals surface area contributed by atoms with Crippen LogP contribution in [0.4, 0.5) is 0 Å². The molecule has 0 bridgehead atoms. The first kappa shape index (κ1) is 13.5. The molecule has 3 heteroatoms. The topological polar surface area (TPSA) is 49.3 Å². The summed E-state index contributed by atoms with van der Waals surface area (Å²) in [5.74, 6) is 0.419. The highest BCUT2D eigenvalue weighted by molar-refractivity contribution is 5.78. The zero-order chi connectivity index (χ0) is 12.0. The zero-order valence-corrected chi connectivity index (χ0v) is 10.6. The van der Waals surface area contributed by atoms with Gasteiger partial charge in [0, 0.05) is 17.9 Å². The largest absolute Gasteiger partial charge is 0.396 e. The van der Waals surface area contributed by atoms with Crippen LogP contribution in [0, 0.1) is 11.3 Å². The Kier molecular flexibility index (Phi) is 5.26. The SMILES string of the molecule is CCC(CC)(CO)CNC(=O)C1CCCC1. The zero-order valence-electron chi connectivity index (χ0n) is 10.6. The Bertz CT molecular complexity index is 210. The van der Waals surface area contributed by atoms with Gasteiger partial charge in [0.25, 0.3) is 0 Å². The summed E-state index contributed by atoms with van der Waals surface area (Å²) in [5, 5.41) is 12.4. The maximum absolute atomic E-state index is 11.8. The number of hydrogen-bond acceptors (Lipinski definition) is 2. The highest BCUT2D eigenvalue weighted by atomic mass is 16.3. The first-order valence-corrected chi connectivity index (χ1v) is 6.56. The minimum absolute atomic E-state index is 0.117. The van der Waals surface area contributed by atoms with E-state index in [-0.39, 0.29) is 23.8 Å². The molecule has 3 nitrogen and oxygen atoms in total. The minimum atomic E-state index is -0.117. The van der Waals surface area contributed by atoms with E-state index in [9.17, 15) is 9.90 Å². The van der Waals surface area contributed by atoms with Crippen molar-refractivity contribution in [3.05, 3.63) is 0 Å². The van der Waals surface area contributed by atoms with Crippen LogP contribution < -0.4 is 5.32 Å². The minimum Gasteiger partial charge on any atom is -0.396 e. The lowest BCUT2D eigenvalue weighted by Gasteiger charge is -2.30. The molecule has 1 saturated carbocycles. The van der Waals surface area contributed by atoms with Crippen molar-refractivity contribution >= 4 is 5.91 Å². The molecule has 1 rings (SSSR count). The molecule has 0 saturated heterocycles. The van der Waals surface area contributed by atoms with E-state index in [4.69, 9.17) is 0 Å². The fraction of sp³-hybridized carbons (Fsp3) is 0.923. The number of amides is 1. The molecule has 1 aliphatic rings. The van der Waals surface area contributed by atoms with Crippen LogP contribution in [-0.4, -0.2) is 24.2 Å². The highest BCUT2D eigenvalue weighted by Gasteiger charge is 2.28. The van der Waals surface area contributed by atoms with Crippen LogP contribution in [0.25, 0.3) is 0 Å². The standard InChI is InChI=1S/C13H25NO2/c1-3-13(4-2,10-15)9-14-12(16)11-7-5-6-8-11/h11,15H,3-10H2,1-2H3,(H,14,16). The number of hydrogen-bond donors (Lipinski definition) is 2. The van der Waals surface area contributed by atoms with Gasteiger partial charge in [-0.25, -0.2) is 0 Å². The van der Waals surface area contributed by atoms with Crippen LogP contribution >= 0.6 is 0 Å². The molecule has 0 heterocycles. The van der Waals surface area contributed by atoms with Crippen LogP contribution in [-0.2, 0) is 4.79 Å². The number of nitrogens with one attached hydrogen (secondary N) is 1. The van der Waals surface area contributed by atoms with E-state index in [0.717, 1.165) is 25.7 Å². The Morgan fingerprint density at radius 1 is 1.31 bits per heavy atom. The molecule has 16 heavy (non-hydrogen) atoms. The third-order valence-electron chi connectivity index (χ3n) is 4.20. The van der Waals surface area contributed by atoms with Gasteiger partial charge >= 0.3 is 0 Å². The summed E-state index contributed by atoms with van der Waals surface area (Å²) < 4.78 is 0. The van der Waals surface area contributed by atoms with E-state index in [2.05, 4.69) is 19.2 Å². The van der Waals surface area contributed by atoms with E-state index < -0.39 is 0 Å². The molecule has 2 N–H and O–H groups in total. The van der Waals surface area contributed by atoms with E-state index in [0.29, 0.717) is 6.54 Å². The van der Waals surface area contributed by atoms with Gasteiger partial charge in [-0.05, 0) is 25.7 Å². The Balaban J connectivity index is 2.39. The molecule has 1 aliphatic carbocycles. The smallest absolute Gasteiger partial charge is 0.223 e. The second kappa shape index (κ2) is 6.24. The summed E-state index contributed by atoms with van der Waals surface area (Å²) in [6.45, 7) is 4.92. The molecular formula is C13H25NO2. The Morgan fingerprint density at radius 2 is 1.88 bits per heavy atom. The number of carbonyl (C=O) groups is 1. The van der Waals surface area contributed by atoms with Gasteiger partial charge in [-0.1, -0.05) is 26.7 Å². The summed E-state index contributed by atoms with van der Waals surface area (Å²) >= 11 is 0. The van der Waals surface area contributed by atoms with Crippen LogP contribution in [0.5, 0.6) is 0 Å².